The van der Waals surface area contributed by atoms with Gasteiger partial charge in [-0.2, -0.15) is 35.0 Å². The minimum Gasteiger partial charge on any atom is -1.00 e. The molecule has 0 aliphatic rings. The molecule has 0 aliphatic carbocycles. The van der Waals surface area contributed by atoms with Crippen LogP contribution in [0.1, 0.15) is 0 Å². The van der Waals surface area contributed by atoms with Crippen LogP contribution in [0.4, 0.5) is 0 Å². The van der Waals surface area contributed by atoms with E-state index in [1.54, 1.807) is 0 Å². The van der Waals surface area contributed by atoms with Gasteiger partial charge < -0.3 is 24.8 Å². The van der Waals surface area contributed by atoms with Gasteiger partial charge >= 0.3 is 21.7 Å². The molecule has 0 bridgehead atoms. The average Bonchev–Trinajstić information content (AvgIpc) is 3.17. The van der Waals surface area contributed by atoms with Gasteiger partial charge in [0.2, 0.25) is 0 Å². The van der Waals surface area contributed by atoms with Crippen LogP contribution in [0, 0.1) is 0 Å². The SMILES string of the molecule is C[Si]C.[Cl-].[Cl-].[Ti+4].c1ccc2[cH-]ccc2c1.c1ccc2[cH-]ccc2c1. The summed E-state index contributed by atoms with van der Waals surface area (Å²) >= 11 is 0. The van der Waals surface area contributed by atoms with Crippen molar-refractivity contribution in [2.24, 2.45) is 0 Å². The molecule has 0 saturated carbocycles. The zero-order chi connectivity index (χ0) is 14.9. The second-order valence-corrected chi connectivity index (χ2v) is 5.81. The molecule has 2 radical (unpaired) electrons. The van der Waals surface area contributed by atoms with Gasteiger partial charge in [0, 0.05) is 9.52 Å². The Bertz CT molecular complexity index is 651. The molecule has 0 fully saturated rings. The molecular formula is C20H20Cl2SiTi. The first-order valence-electron chi connectivity index (χ1n) is 7.14. The molecule has 0 N–H and O–H groups in total. The molecule has 0 aliphatic heterocycles. The van der Waals surface area contributed by atoms with Gasteiger partial charge in [0.25, 0.3) is 0 Å². The monoisotopic (exact) mass is 406 g/mol. The second kappa shape index (κ2) is 14.5. The molecule has 0 spiro atoms. The van der Waals surface area contributed by atoms with Gasteiger partial charge in [0.15, 0.2) is 0 Å². The molecule has 0 unspecified atom stereocenters. The number of fused-ring (bicyclic) bond motifs is 2. The van der Waals surface area contributed by atoms with Crippen molar-refractivity contribution < 1.29 is 46.5 Å². The number of benzene rings is 2. The molecule has 4 heteroatoms. The summed E-state index contributed by atoms with van der Waals surface area (Å²) in [6.45, 7) is 4.31. The standard InChI is InChI=1S/2C9H7.C2H6Si.2ClH.Ti/c2*1-2-5-9-7-3-6-8(9)4-1;1-3-2;;;/h2*1-7H;1-2H3;2*1H;/q2*-1;;;;+4/p-2. The van der Waals surface area contributed by atoms with E-state index in [1.807, 2.05) is 0 Å². The van der Waals surface area contributed by atoms with E-state index < -0.39 is 0 Å². The summed E-state index contributed by atoms with van der Waals surface area (Å²) in [5.41, 5.74) is 0. The minimum atomic E-state index is 0. The summed E-state index contributed by atoms with van der Waals surface area (Å²) < 4.78 is 0. The first kappa shape index (κ1) is 25.4. The maximum absolute atomic E-state index is 2.15. The fourth-order valence-corrected chi connectivity index (χ4v) is 2.14. The van der Waals surface area contributed by atoms with E-state index in [0.717, 1.165) is 9.52 Å². The van der Waals surface area contributed by atoms with Crippen LogP contribution in [0.2, 0.25) is 13.1 Å². The summed E-state index contributed by atoms with van der Waals surface area (Å²) in [7, 11) is 1.08. The maximum atomic E-state index is 2.15. The first-order chi connectivity index (χ1) is 10.3. The van der Waals surface area contributed by atoms with E-state index >= 15 is 0 Å². The third kappa shape index (κ3) is 7.83. The van der Waals surface area contributed by atoms with Gasteiger partial charge in [0.1, 0.15) is 0 Å². The van der Waals surface area contributed by atoms with Crippen molar-refractivity contribution in [3.8, 4) is 0 Å². The molecule has 0 aromatic heterocycles. The molecule has 0 atom stereocenters. The van der Waals surface area contributed by atoms with Crippen LogP contribution < -0.4 is 24.8 Å². The Morgan fingerprint density at radius 2 is 0.958 bits per heavy atom. The molecule has 4 aromatic rings. The number of hydrogen-bond donors (Lipinski definition) is 0. The van der Waals surface area contributed by atoms with E-state index in [0.29, 0.717) is 0 Å². The van der Waals surface area contributed by atoms with Gasteiger partial charge in [-0.05, 0) is 0 Å². The zero-order valence-corrected chi connectivity index (χ0v) is 17.9. The number of hydrogen-bond acceptors (Lipinski definition) is 0. The predicted octanol–water partition coefficient (Wildman–Crippen LogP) is -0.0903. The molecule has 0 amide bonds. The molecular weight excluding hydrogens is 387 g/mol. The predicted molar refractivity (Wildman–Crippen MR) is 96.6 cm³/mol. The van der Waals surface area contributed by atoms with Crippen molar-refractivity contribution in [1.82, 2.24) is 0 Å². The average molecular weight is 407 g/mol. The third-order valence-corrected chi connectivity index (χ3v) is 3.10. The van der Waals surface area contributed by atoms with Crippen LogP contribution in [0.15, 0.2) is 84.9 Å². The maximum Gasteiger partial charge on any atom is 4.00 e. The van der Waals surface area contributed by atoms with E-state index in [2.05, 4.69) is 98.0 Å². The summed E-state index contributed by atoms with van der Waals surface area (Å²) in [6.07, 6.45) is 0. The Labute approximate surface area is 174 Å². The fraction of sp³-hybridized carbons (Fsp3) is 0.100. The Hall–Kier alpha value is -0.829. The molecule has 24 heavy (non-hydrogen) atoms. The second-order valence-electron chi connectivity index (χ2n) is 4.81. The van der Waals surface area contributed by atoms with Crippen LogP contribution in [-0.4, -0.2) is 9.52 Å². The topological polar surface area (TPSA) is 0 Å². The molecule has 0 saturated heterocycles. The molecule has 122 valence electrons. The minimum absolute atomic E-state index is 0. The van der Waals surface area contributed by atoms with E-state index in [1.165, 1.54) is 21.5 Å². The van der Waals surface area contributed by atoms with Crippen molar-refractivity contribution >= 4 is 31.1 Å². The Kier molecular flexibility index (Phi) is 15.4. The third-order valence-electron chi connectivity index (χ3n) is 3.10. The van der Waals surface area contributed by atoms with Gasteiger partial charge in [-0.25, -0.2) is 0 Å². The van der Waals surface area contributed by atoms with Crippen molar-refractivity contribution in [2.75, 3.05) is 0 Å². The van der Waals surface area contributed by atoms with E-state index in [-0.39, 0.29) is 46.5 Å². The van der Waals surface area contributed by atoms with E-state index in [4.69, 9.17) is 0 Å². The summed E-state index contributed by atoms with van der Waals surface area (Å²) in [5, 5.41) is 5.32. The smallest absolute Gasteiger partial charge is 1.00 e. The molecule has 0 nitrogen and oxygen atoms in total. The van der Waals surface area contributed by atoms with Crippen molar-refractivity contribution in [1.29, 1.82) is 0 Å². The van der Waals surface area contributed by atoms with E-state index in [9.17, 15) is 0 Å². The Morgan fingerprint density at radius 3 is 1.29 bits per heavy atom. The largest absolute Gasteiger partial charge is 4.00 e. The van der Waals surface area contributed by atoms with Gasteiger partial charge in [-0.3, -0.25) is 0 Å². The first-order valence-corrected chi connectivity index (χ1v) is 9.14. The van der Waals surface area contributed by atoms with Gasteiger partial charge in [-0.1, -0.05) is 25.2 Å². The van der Waals surface area contributed by atoms with Crippen molar-refractivity contribution in [3.63, 3.8) is 0 Å². The van der Waals surface area contributed by atoms with Crippen LogP contribution in [0.25, 0.3) is 21.5 Å². The quantitative estimate of drug-likeness (QED) is 0.283. The van der Waals surface area contributed by atoms with Crippen molar-refractivity contribution in [2.45, 2.75) is 13.1 Å². The van der Waals surface area contributed by atoms with Crippen LogP contribution >= 0.6 is 0 Å². The Morgan fingerprint density at radius 1 is 0.625 bits per heavy atom. The fourth-order valence-electron chi connectivity index (χ4n) is 2.14. The summed E-state index contributed by atoms with van der Waals surface area (Å²) in [5.74, 6) is 0. The number of rotatable bonds is 0. The van der Waals surface area contributed by atoms with Crippen LogP contribution in [0.3, 0.4) is 0 Å². The molecule has 0 heterocycles. The zero-order valence-electron chi connectivity index (χ0n) is 13.8. The molecule has 4 aromatic carbocycles. The van der Waals surface area contributed by atoms with Crippen molar-refractivity contribution in [3.05, 3.63) is 84.9 Å². The summed E-state index contributed by atoms with van der Waals surface area (Å²) in [4.78, 5) is 0. The van der Waals surface area contributed by atoms with Gasteiger partial charge in [-0.15, -0.1) is 59.3 Å². The molecule has 4 rings (SSSR count). The van der Waals surface area contributed by atoms with Crippen LogP contribution in [-0.2, 0) is 21.7 Å². The Balaban J connectivity index is 0. The van der Waals surface area contributed by atoms with Gasteiger partial charge in [0.05, 0.1) is 0 Å². The van der Waals surface area contributed by atoms with Crippen LogP contribution in [0.5, 0.6) is 0 Å². The normalized spacial score (nSPS) is 8.42. The number of halogens is 2. The summed E-state index contributed by atoms with van der Waals surface area (Å²) in [6, 6.07) is 29.3.